The lowest BCUT2D eigenvalue weighted by Crippen LogP contribution is -2.08. The van der Waals surface area contributed by atoms with Crippen LogP contribution in [0.5, 0.6) is 0 Å². The van der Waals surface area contributed by atoms with Crippen molar-refractivity contribution in [3.8, 4) is 0 Å². The molecule has 0 saturated carbocycles. The molecule has 0 amide bonds. The van der Waals surface area contributed by atoms with Crippen LogP contribution in [0.3, 0.4) is 0 Å². The molecule has 0 aliphatic rings. The van der Waals surface area contributed by atoms with Gasteiger partial charge in [0.2, 0.25) is 0 Å². The molecule has 16 heavy (non-hydrogen) atoms. The van der Waals surface area contributed by atoms with Gasteiger partial charge in [-0.15, -0.1) is 0 Å². The van der Waals surface area contributed by atoms with Gasteiger partial charge in [-0.3, -0.25) is 4.79 Å². The van der Waals surface area contributed by atoms with Gasteiger partial charge in [-0.2, -0.15) is 0 Å². The maximum atomic E-state index is 11.3. The van der Waals surface area contributed by atoms with E-state index in [9.17, 15) is 4.79 Å². The highest BCUT2D eigenvalue weighted by molar-refractivity contribution is 9.10. The number of nitrogens with zero attached hydrogens (tertiary/aromatic N) is 3. The Morgan fingerprint density at radius 3 is 2.69 bits per heavy atom. The summed E-state index contributed by atoms with van der Waals surface area (Å²) in [7, 11) is 0. The molecule has 1 N–H and O–H groups in total. The van der Waals surface area contributed by atoms with Crippen molar-refractivity contribution in [2.24, 2.45) is 0 Å². The Labute approximate surface area is 104 Å². The first kappa shape index (κ1) is 11.3. The summed E-state index contributed by atoms with van der Waals surface area (Å²) in [5, 5.41) is 1.11. The lowest BCUT2D eigenvalue weighted by Gasteiger charge is -2.00. The average Bonchev–Trinajstić information content (AvgIpc) is 2.28. The number of aromatic nitrogens is 4. The normalized spacial score (nSPS) is 10.4. The summed E-state index contributed by atoms with van der Waals surface area (Å²) in [5.74, 6) is 0. The van der Waals surface area contributed by atoms with Crippen LogP contribution in [0.25, 0.3) is 0 Å². The first-order valence-electron chi connectivity index (χ1n) is 4.36. The maximum Gasteiger partial charge on any atom is 0.266 e. The molecule has 2 heterocycles. The minimum atomic E-state index is -0.218. The number of hydrogen-bond acceptors (Lipinski definition) is 5. The van der Waals surface area contributed by atoms with E-state index in [-0.39, 0.29) is 5.56 Å². The Bertz CT molecular complexity index is 554. The highest BCUT2D eigenvalue weighted by Crippen LogP contribution is 2.26. The fourth-order valence-corrected chi connectivity index (χ4v) is 2.09. The summed E-state index contributed by atoms with van der Waals surface area (Å²) in [6.07, 6.45) is 4.79. The molecular weight excluding hydrogens is 292 g/mol. The maximum absolute atomic E-state index is 11.3. The molecule has 0 bridgehead atoms. The van der Waals surface area contributed by atoms with Crippen LogP contribution in [0, 0.1) is 6.92 Å². The van der Waals surface area contributed by atoms with Gasteiger partial charge in [0, 0.05) is 12.4 Å². The number of aryl methyl sites for hydroxylation is 1. The molecule has 0 aliphatic carbocycles. The highest BCUT2D eigenvalue weighted by atomic mass is 79.9. The van der Waals surface area contributed by atoms with Crippen LogP contribution >= 0.6 is 27.7 Å². The van der Waals surface area contributed by atoms with Gasteiger partial charge in [0.25, 0.3) is 5.56 Å². The second kappa shape index (κ2) is 4.75. The molecule has 0 atom stereocenters. The van der Waals surface area contributed by atoms with Crippen LogP contribution in [0.2, 0.25) is 0 Å². The minimum absolute atomic E-state index is 0.218. The zero-order valence-electron chi connectivity index (χ0n) is 8.27. The second-order valence-electron chi connectivity index (χ2n) is 3.00. The van der Waals surface area contributed by atoms with Crippen LogP contribution in [-0.4, -0.2) is 19.9 Å². The zero-order chi connectivity index (χ0) is 11.5. The standard InChI is InChI=1S/C9H7BrN4OS/c1-5-2-11-9(12-3-5)16-8-6(10)7(15)13-4-14-8/h2-4H,1H3,(H,13,14,15). The minimum Gasteiger partial charge on any atom is -0.312 e. The smallest absolute Gasteiger partial charge is 0.266 e. The molecule has 0 radical (unpaired) electrons. The molecule has 0 aliphatic heterocycles. The zero-order valence-corrected chi connectivity index (χ0v) is 10.7. The number of H-pyrrole nitrogens is 1. The fourth-order valence-electron chi connectivity index (χ4n) is 0.958. The molecule has 0 unspecified atom stereocenters. The summed E-state index contributed by atoms with van der Waals surface area (Å²) in [6.45, 7) is 1.91. The Hall–Kier alpha value is -1.21. The molecule has 0 saturated heterocycles. The molecule has 5 nitrogen and oxygen atoms in total. The summed E-state index contributed by atoms with van der Waals surface area (Å²) in [4.78, 5) is 26.0. The Kier molecular flexibility index (Phi) is 3.35. The van der Waals surface area contributed by atoms with Crippen molar-refractivity contribution in [3.05, 3.63) is 39.1 Å². The Balaban J connectivity index is 2.30. The van der Waals surface area contributed by atoms with E-state index in [2.05, 4.69) is 35.9 Å². The Morgan fingerprint density at radius 1 is 1.31 bits per heavy atom. The molecule has 2 aromatic rings. The lowest BCUT2D eigenvalue weighted by molar-refractivity contribution is 0.932. The molecule has 7 heteroatoms. The van der Waals surface area contributed by atoms with Crippen molar-refractivity contribution in [2.75, 3.05) is 0 Å². The van der Waals surface area contributed by atoms with E-state index >= 15 is 0 Å². The van der Waals surface area contributed by atoms with E-state index in [1.54, 1.807) is 12.4 Å². The van der Waals surface area contributed by atoms with Crippen LogP contribution in [0.4, 0.5) is 0 Å². The SMILES string of the molecule is Cc1cnc(Sc2nc[nH]c(=O)c2Br)nc1. The molecule has 0 spiro atoms. The van der Waals surface area contributed by atoms with Crippen molar-refractivity contribution < 1.29 is 0 Å². The van der Waals surface area contributed by atoms with Gasteiger partial charge < -0.3 is 4.98 Å². The quantitative estimate of drug-likeness (QED) is 0.676. The number of hydrogen-bond donors (Lipinski definition) is 1. The van der Waals surface area contributed by atoms with E-state index in [1.807, 2.05) is 6.92 Å². The number of rotatable bonds is 2. The second-order valence-corrected chi connectivity index (χ2v) is 4.74. The van der Waals surface area contributed by atoms with E-state index in [0.717, 1.165) is 5.56 Å². The van der Waals surface area contributed by atoms with Gasteiger partial charge in [0.05, 0.1) is 6.33 Å². The van der Waals surface area contributed by atoms with E-state index in [1.165, 1.54) is 18.1 Å². The number of halogens is 1. The van der Waals surface area contributed by atoms with E-state index < -0.39 is 0 Å². The van der Waals surface area contributed by atoms with Crippen molar-refractivity contribution in [1.82, 2.24) is 19.9 Å². The predicted molar refractivity (Wildman–Crippen MR) is 63.4 cm³/mol. The first-order chi connectivity index (χ1) is 7.66. The molecule has 82 valence electrons. The highest BCUT2D eigenvalue weighted by Gasteiger charge is 2.08. The van der Waals surface area contributed by atoms with Crippen LogP contribution in [-0.2, 0) is 0 Å². The number of nitrogens with one attached hydrogen (secondary N) is 1. The average molecular weight is 299 g/mol. The third kappa shape index (κ3) is 2.48. The third-order valence-corrected chi connectivity index (χ3v) is 3.60. The van der Waals surface area contributed by atoms with Gasteiger partial charge in [0.15, 0.2) is 5.16 Å². The topological polar surface area (TPSA) is 71.5 Å². The van der Waals surface area contributed by atoms with Crippen molar-refractivity contribution in [1.29, 1.82) is 0 Å². The van der Waals surface area contributed by atoms with E-state index in [0.29, 0.717) is 14.7 Å². The first-order valence-corrected chi connectivity index (χ1v) is 5.97. The van der Waals surface area contributed by atoms with Crippen molar-refractivity contribution in [3.63, 3.8) is 0 Å². The monoisotopic (exact) mass is 298 g/mol. The Morgan fingerprint density at radius 2 is 2.00 bits per heavy atom. The van der Waals surface area contributed by atoms with Gasteiger partial charge in [-0.05, 0) is 40.2 Å². The largest absolute Gasteiger partial charge is 0.312 e. The van der Waals surface area contributed by atoms with Crippen molar-refractivity contribution >= 4 is 27.7 Å². The van der Waals surface area contributed by atoms with Gasteiger partial charge in [0.1, 0.15) is 9.50 Å². The van der Waals surface area contributed by atoms with Crippen LogP contribution in [0.15, 0.2) is 38.2 Å². The van der Waals surface area contributed by atoms with Gasteiger partial charge in [-0.1, -0.05) is 0 Å². The third-order valence-electron chi connectivity index (χ3n) is 1.71. The molecule has 2 aromatic heterocycles. The summed E-state index contributed by atoms with van der Waals surface area (Å²) in [5.41, 5.74) is 0.770. The molecule has 0 aromatic carbocycles. The lowest BCUT2D eigenvalue weighted by atomic mass is 10.4. The van der Waals surface area contributed by atoms with Crippen LogP contribution < -0.4 is 5.56 Å². The summed E-state index contributed by atoms with van der Waals surface area (Å²) >= 11 is 4.41. The molecular formula is C9H7BrN4OS. The van der Waals surface area contributed by atoms with Crippen LogP contribution in [0.1, 0.15) is 5.56 Å². The van der Waals surface area contributed by atoms with Gasteiger partial charge in [-0.25, -0.2) is 15.0 Å². The molecule has 2 rings (SSSR count). The summed E-state index contributed by atoms with van der Waals surface area (Å²) < 4.78 is 0.393. The van der Waals surface area contributed by atoms with Gasteiger partial charge >= 0.3 is 0 Å². The fraction of sp³-hybridized carbons (Fsp3) is 0.111. The van der Waals surface area contributed by atoms with Crippen molar-refractivity contribution in [2.45, 2.75) is 17.1 Å². The predicted octanol–water partition coefficient (Wildman–Crippen LogP) is 1.78. The number of aromatic amines is 1. The van der Waals surface area contributed by atoms with E-state index in [4.69, 9.17) is 0 Å². The summed E-state index contributed by atoms with van der Waals surface area (Å²) in [6, 6.07) is 0. The molecule has 0 fully saturated rings.